The highest BCUT2D eigenvalue weighted by Gasteiger charge is 2.41. The lowest BCUT2D eigenvalue weighted by Crippen LogP contribution is -2.43. The van der Waals surface area contributed by atoms with Gasteiger partial charge in [-0.1, -0.05) is 17.7 Å². The van der Waals surface area contributed by atoms with E-state index in [1.807, 2.05) is 36.1 Å². The summed E-state index contributed by atoms with van der Waals surface area (Å²) in [5.74, 6) is 0.181. The first-order valence-electron chi connectivity index (χ1n) is 6.80. The highest BCUT2D eigenvalue weighted by molar-refractivity contribution is 5.94. The van der Waals surface area contributed by atoms with Crippen LogP contribution in [0.15, 0.2) is 24.3 Å². The van der Waals surface area contributed by atoms with Gasteiger partial charge in [0.15, 0.2) is 0 Å². The van der Waals surface area contributed by atoms with E-state index in [4.69, 9.17) is 0 Å². The molecule has 0 aliphatic carbocycles. The van der Waals surface area contributed by atoms with Crippen LogP contribution in [-0.4, -0.2) is 36.0 Å². The Balaban J connectivity index is 1.72. The molecule has 3 nitrogen and oxygen atoms in total. The van der Waals surface area contributed by atoms with Gasteiger partial charge in [-0.05, 0) is 44.9 Å². The average Bonchev–Trinajstić information content (AvgIpc) is 3.01. The summed E-state index contributed by atoms with van der Waals surface area (Å²) in [6.07, 6.45) is 3.56. The van der Waals surface area contributed by atoms with E-state index in [1.54, 1.807) is 0 Å². The van der Waals surface area contributed by atoms with Crippen molar-refractivity contribution < 1.29 is 4.79 Å². The number of carbonyl (C=O) groups excluding carboxylic acids is 1. The van der Waals surface area contributed by atoms with E-state index in [9.17, 15) is 4.79 Å². The van der Waals surface area contributed by atoms with Gasteiger partial charge in [-0.2, -0.15) is 0 Å². The maximum absolute atomic E-state index is 12.4. The number of likely N-dealkylation sites (tertiary alicyclic amines) is 1. The van der Waals surface area contributed by atoms with Gasteiger partial charge in [0.25, 0.3) is 5.91 Å². The van der Waals surface area contributed by atoms with E-state index in [0.29, 0.717) is 0 Å². The van der Waals surface area contributed by atoms with E-state index < -0.39 is 0 Å². The number of benzene rings is 1. The third kappa shape index (κ3) is 2.03. The Labute approximate surface area is 108 Å². The molecule has 0 radical (unpaired) electrons. The Morgan fingerprint density at radius 1 is 1.28 bits per heavy atom. The fourth-order valence-corrected chi connectivity index (χ4v) is 3.14. The van der Waals surface area contributed by atoms with E-state index in [0.717, 1.165) is 31.6 Å². The molecule has 1 amide bonds. The minimum absolute atomic E-state index is 0.181. The zero-order valence-corrected chi connectivity index (χ0v) is 10.9. The fourth-order valence-electron chi connectivity index (χ4n) is 3.14. The first-order chi connectivity index (χ1) is 8.69. The van der Waals surface area contributed by atoms with Crippen molar-refractivity contribution in [2.24, 2.45) is 0 Å². The minimum Gasteiger partial charge on any atom is -0.337 e. The Bertz CT molecular complexity index is 446. The molecule has 2 fully saturated rings. The third-order valence-electron chi connectivity index (χ3n) is 4.27. The molecule has 1 aromatic rings. The normalized spacial score (nSPS) is 27.1. The fraction of sp³-hybridized carbons (Fsp3) is 0.533. The van der Waals surface area contributed by atoms with Crippen molar-refractivity contribution in [2.75, 3.05) is 19.6 Å². The van der Waals surface area contributed by atoms with Crippen LogP contribution in [0, 0.1) is 6.92 Å². The largest absolute Gasteiger partial charge is 0.337 e. The van der Waals surface area contributed by atoms with Crippen LogP contribution < -0.4 is 5.32 Å². The van der Waals surface area contributed by atoms with E-state index >= 15 is 0 Å². The van der Waals surface area contributed by atoms with Crippen molar-refractivity contribution in [1.82, 2.24) is 10.2 Å². The standard InChI is InChI=1S/C15H20N2O/c1-12-3-5-13(6-4-12)14(18)17-10-8-15(11-17)7-2-9-16-15/h3-6,16H,2,7-11H2,1H3. The molecule has 3 heteroatoms. The lowest BCUT2D eigenvalue weighted by molar-refractivity contribution is 0.0782. The van der Waals surface area contributed by atoms with E-state index in [2.05, 4.69) is 5.32 Å². The lowest BCUT2D eigenvalue weighted by Gasteiger charge is -2.24. The van der Waals surface area contributed by atoms with Gasteiger partial charge in [0.1, 0.15) is 0 Å². The topological polar surface area (TPSA) is 32.3 Å². The number of nitrogens with one attached hydrogen (secondary N) is 1. The highest BCUT2D eigenvalue weighted by Crippen LogP contribution is 2.30. The van der Waals surface area contributed by atoms with Crippen molar-refractivity contribution in [2.45, 2.75) is 31.7 Å². The number of aryl methyl sites for hydroxylation is 1. The summed E-state index contributed by atoms with van der Waals surface area (Å²) in [4.78, 5) is 14.4. The van der Waals surface area contributed by atoms with E-state index in [-0.39, 0.29) is 11.4 Å². The van der Waals surface area contributed by atoms with Crippen molar-refractivity contribution in [3.63, 3.8) is 0 Å². The molecule has 96 valence electrons. The molecule has 3 rings (SSSR count). The van der Waals surface area contributed by atoms with Gasteiger partial charge in [-0.3, -0.25) is 4.79 Å². The summed E-state index contributed by atoms with van der Waals surface area (Å²) < 4.78 is 0. The number of amides is 1. The number of carbonyl (C=O) groups is 1. The maximum atomic E-state index is 12.4. The summed E-state index contributed by atoms with van der Waals surface area (Å²) in [5.41, 5.74) is 2.23. The van der Waals surface area contributed by atoms with Crippen LogP contribution in [0.1, 0.15) is 35.2 Å². The number of nitrogens with zero attached hydrogens (tertiary/aromatic N) is 1. The van der Waals surface area contributed by atoms with E-state index in [1.165, 1.54) is 18.4 Å². The molecule has 2 saturated heterocycles. The quantitative estimate of drug-likeness (QED) is 0.819. The van der Waals surface area contributed by atoms with Crippen LogP contribution in [-0.2, 0) is 0 Å². The van der Waals surface area contributed by atoms with Gasteiger partial charge in [-0.15, -0.1) is 0 Å². The predicted molar refractivity (Wildman–Crippen MR) is 71.7 cm³/mol. The average molecular weight is 244 g/mol. The second-order valence-electron chi connectivity index (χ2n) is 5.65. The smallest absolute Gasteiger partial charge is 0.253 e. The molecule has 18 heavy (non-hydrogen) atoms. The predicted octanol–water partition coefficient (Wildman–Crippen LogP) is 1.96. The van der Waals surface area contributed by atoms with Crippen molar-refractivity contribution in [3.05, 3.63) is 35.4 Å². The van der Waals surface area contributed by atoms with Crippen LogP contribution in [0.4, 0.5) is 0 Å². The maximum Gasteiger partial charge on any atom is 0.253 e. The molecule has 2 aliphatic rings. The summed E-state index contributed by atoms with van der Waals surface area (Å²) >= 11 is 0. The van der Waals surface area contributed by atoms with Gasteiger partial charge in [-0.25, -0.2) is 0 Å². The summed E-state index contributed by atoms with van der Waals surface area (Å²) in [7, 11) is 0. The van der Waals surface area contributed by atoms with Crippen LogP contribution in [0.5, 0.6) is 0 Å². The zero-order valence-electron chi connectivity index (χ0n) is 10.9. The zero-order chi connectivity index (χ0) is 12.6. The Morgan fingerprint density at radius 2 is 2.06 bits per heavy atom. The Kier molecular flexibility index (Phi) is 2.86. The lowest BCUT2D eigenvalue weighted by atomic mass is 9.97. The number of hydrogen-bond acceptors (Lipinski definition) is 2. The van der Waals surface area contributed by atoms with Crippen LogP contribution >= 0.6 is 0 Å². The molecule has 1 atom stereocenters. The SMILES string of the molecule is Cc1ccc(C(=O)N2CCC3(CCCN3)C2)cc1. The van der Waals surface area contributed by atoms with Crippen molar-refractivity contribution >= 4 is 5.91 Å². The summed E-state index contributed by atoms with van der Waals surface area (Å²) in [5, 5.41) is 3.58. The molecule has 0 saturated carbocycles. The van der Waals surface area contributed by atoms with Gasteiger partial charge >= 0.3 is 0 Å². The monoisotopic (exact) mass is 244 g/mol. The van der Waals surface area contributed by atoms with Crippen molar-refractivity contribution in [1.29, 1.82) is 0 Å². The van der Waals surface area contributed by atoms with Gasteiger partial charge < -0.3 is 10.2 Å². The Morgan fingerprint density at radius 3 is 2.72 bits per heavy atom. The third-order valence-corrected chi connectivity index (χ3v) is 4.27. The van der Waals surface area contributed by atoms with Crippen LogP contribution in [0.25, 0.3) is 0 Å². The molecule has 1 aromatic carbocycles. The van der Waals surface area contributed by atoms with Crippen LogP contribution in [0.2, 0.25) is 0 Å². The molecule has 1 spiro atoms. The van der Waals surface area contributed by atoms with Gasteiger partial charge in [0.05, 0.1) is 0 Å². The van der Waals surface area contributed by atoms with Crippen molar-refractivity contribution in [3.8, 4) is 0 Å². The highest BCUT2D eigenvalue weighted by atomic mass is 16.2. The molecule has 1 N–H and O–H groups in total. The first kappa shape index (κ1) is 11.7. The second kappa shape index (κ2) is 4.39. The first-order valence-corrected chi connectivity index (χ1v) is 6.80. The van der Waals surface area contributed by atoms with Gasteiger partial charge in [0.2, 0.25) is 0 Å². The minimum atomic E-state index is 0.181. The van der Waals surface area contributed by atoms with Crippen LogP contribution in [0.3, 0.4) is 0 Å². The molecular formula is C15H20N2O. The Hall–Kier alpha value is -1.35. The molecule has 0 aromatic heterocycles. The molecule has 1 unspecified atom stereocenters. The molecular weight excluding hydrogens is 224 g/mol. The molecule has 0 bridgehead atoms. The summed E-state index contributed by atoms with van der Waals surface area (Å²) in [6, 6.07) is 7.88. The molecule has 2 heterocycles. The number of hydrogen-bond donors (Lipinski definition) is 1. The number of rotatable bonds is 1. The molecule has 2 aliphatic heterocycles. The van der Waals surface area contributed by atoms with Gasteiger partial charge in [0, 0.05) is 24.2 Å². The second-order valence-corrected chi connectivity index (χ2v) is 5.65. The summed E-state index contributed by atoms with van der Waals surface area (Å²) in [6.45, 7) is 4.91.